The van der Waals surface area contributed by atoms with Crippen molar-refractivity contribution in [2.45, 2.75) is 43.9 Å². The molecular weight excluding hydrogens is 455 g/mol. The lowest BCUT2D eigenvalue weighted by Crippen LogP contribution is -2.27. The van der Waals surface area contributed by atoms with E-state index in [-0.39, 0.29) is 24.8 Å². The lowest BCUT2D eigenvalue weighted by molar-refractivity contribution is 0.448. The van der Waals surface area contributed by atoms with Crippen LogP contribution in [0.15, 0.2) is 36.4 Å². The summed E-state index contributed by atoms with van der Waals surface area (Å²) in [7, 11) is 0. The predicted molar refractivity (Wildman–Crippen MR) is 139 cm³/mol. The number of benzene rings is 2. The molecule has 33 heavy (non-hydrogen) atoms. The van der Waals surface area contributed by atoms with E-state index in [0.29, 0.717) is 11.8 Å². The van der Waals surface area contributed by atoms with Gasteiger partial charge in [0.15, 0.2) is 0 Å². The molecule has 0 unspecified atom stereocenters. The number of aromatic nitrogens is 4. The van der Waals surface area contributed by atoms with Gasteiger partial charge in [0.1, 0.15) is 11.6 Å². The number of H-pyrrole nitrogens is 2. The minimum Gasteiger partial charge on any atom is -0.342 e. The second-order valence-electron chi connectivity index (χ2n) is 9.17. The summed E-state index contributed by atoms with van der Waals surface area (Å²) < 4.78 is 0. The van der Waals surface area contributed by atoms with Crippen molar-refractivity contribution in [2.75, 3.05) is 26.2 Å². The van der Waals surface area contributed by atoms with Crippen LogP contribution in [0.5, 0.6) is 0 Å². The Labute approximate surface area is 206 Å². The third kappa shape index (κ3) is 5.04. The van der Waals surface area contributed by atoms with E-state index in [1.807, 2.05) is 0 Å². The van der Waals surface area contributed by atoms with E-state index in [2.05, 4.69) is 57.0 Å². The molecule has 0 saturated carbocycles. The van der Waals surface area contributed by atoms with Gasteiger partial charge in [-0.05, 0) is 93.7 Å². The zero-order valence-corrected chi connectivity index (χ0v) is 20.3. The van der Waals surface area contributed by atoms with E-state index in [1.165, 1.54) is 11.1 Å². The van der Waals surface area contributed by atoms with Gasteiger partial charge in [0.05, 0.1) is 22.1 Å². The molecule has 0 atom stereocenters. The Morgan fingerprint density at radius 2 is 1.06 bits per heavy atom. The van der Waals surface area contributed by atoms with Crippen LogP contribution in [-0.4, -0.2) is 46.1 Å². The van der Waals surface area contributed by atoms with Gasteiger partial charge in [-0.15, -0.1) is 24.8 Å². The molecule has 6 nitrogen and oxygen atoms in total. The fourth-order valence-corrected chi connectivity index (χ4v) is 5.19. The fraction of sp³-hybridized carbons (Fsp3) is 0.440. The summed E-state index contributed by atoms with van der Waals surface area (Å²) in [5.74, 6) is 3.40. The molecule has 2 aliphatic heterocycles. The lowest BCUT2D eigenvalue weighted by atomic mass is 9.98. The van der Waals surface area contributed by atoms with Crippen LogP contribution in [0.2, 0.25) is 0 Å². The van der Waals surface area contributed by atoms with E-state index >= 15 is 0 Å². The number of imidazole rings is 2. The first kappa shape index (κ1) is 24.0. The monoisotopic (exact) mass is 486 g/mol. The molecule has 2 fully saturated rings. The molecule has 0 spiro atoms. The maximum Gasteiger partial charge on any atom is 0.110 e. The van der Waals surface area contributed by atoms with Crippen LogP contribution < -0.4 is 10.6 Å². The van der Waals surface area contributed by atoms with Crippen LogP contribution >= 0.6 is 24.8 Å². The summed E-state index contributed by atoms with van der Waals surface area (Å²) in [5, 5.41) is 6.87. The summed E-state index contributed by atoms with van der Waals surface area (Å²) in [6, 6.07) is 13.3. The SMILES string of the molecule is Cl.Cl.c1cc2nc(C3CCNCC3)[nH]c2cc1Cc1ccc2nc(C3CCNCC3)[nH]c2c1. The van der Waals surface area contributed by atoms with Crippen LogP contribution in [0.25, 0.3) is 22.1 Å². The van der Waals surface area contributed by atoms with E-state index < -0.39 is 0 Å². The van der Waals surface area contributed by atoms with Crippen molar-refractivity contribution in [1.29, 1.82) is 0 Å². The maximum atomic E-state index is 4.87. The number of aromatic amines is 2. The molecule has 2 aliphatic rings. The summed E-state index contributed by atoms with van der Waals surface area (Å²) in [6.45, 7) is 4.34. The van der Waals surface area contributed by atoms with Gasteiger partial charge in [-0.1, -0.05) is 12.1 Å². The molecule has 6 rings (SSSR count). The molecule has 176 valence electrons. The average molecular weight is 487 g/mol. The highest BCUT2D eigenvalue weighted by molar-refractivity contribution is 5.85. The second-order valence-corrected chi connectivity index (χ2v) is 9.17. The quantitative estimate of drug-likeness (QED) is 0.333. The van der Waals surface area contributed by atoms with Crippen molar-refractivity contribution in [3.63, 3.8) is 0 Å². The molecule has 2 saturated heterocycles. The average Bonchev–Trinajstić information content (AvgIpc) is 3.44. The minimum atomic E-state index is 0. The third-order valence-electron chi connectivity index (χ3n) is 6.99. The lowest BCUT2D eigenvalue weighted by Gasteiger charge is -2.20. The Morgan fingerprint density at radius 3 is 1.48 bits per heavy atom. The number of fused-ring (bicyclic) bond motifs is 2. The first-order valence-electron chi connectivity index (χ1n) is 11.7. The van der Waals surface area contributed by atoms with Gasteiger partial charge in [-0.25, -0.2) is 9.97 Å². The minimum absolute atomic E-state index is 0. The molecule has 0 radical (unpaired) electrons. The molecule has 4 N–H and O–H groups in total. The Morgan fingerprint density at radius 1 is 0.636 bits per heavy atom. The smallest absolute Gasteiger partial charge is 0.110 e. The first-order chi connectivity index (χ1) is 15.3. The first-order valence-corrected chi connectivity index (χ1v) is 11.7. The maximum absolute atomic E-state index is 4.87. The summed E-state index contributed by atoms with van der Waals surface area (Å²) >= 11 is 0. The Balaban J connectivity index is 0.00000130. The molecule has 2 aromatic carbocycles. The van der Waals surface area contributed by atoms with Crippen molar-refractivity contribution in [3.05, 3.63) is 59.2 Å². The Kier molecular flexibility index (Phi) is 7.59. The van der Waals surface area contributed by atoms with Gasteiger partial charge < -0.3 is 20.6 Å². The van der Waals surface area contributed by atoms with E-state index in [9.17, 15) is 0 Å². The second kappa shape index (κ2) is 10.4. The van der Waals surface area contributed by atoms with Crippen LogP contribution in [0.4, 0.5) is 0 Å². The van der Waals surface area contributed by atoms with Gasteiger partial charge in [0.25, 0.3) is 0 Å². The number of hydrogen-bond acceptors (Lipinski definition) is 4. The van der Waals surface area contributed by atoms with Crippen molar-refractivity contribution in [3.8, 4) is 0 Å². The van der Waals surface area contributed by atoms with E-state index in [0.717, 1.165) is 92.0 Å². The van der Waals surface area contributed by atoms with Crippen molar-refractivity contribution in [1.82, 2.24) is 30.6 Å². The van der Waals surface area contributed by atoms with E-state index in [1.54, 1.807) is 0 Å². The van der Waals surface area contributed by atoms with Gasteiger partial charge in [0.2, 0.25) is 0 Å². The predicted octanol–water partition coefficient (Wildman–Crippen LogP) is 4.81. The standard InChI is InChI=1S/C25H30N6.2ClH/c1-3-20-22(30-24(28-20)18-5-9-26-10-6-18)14-16(1)13-17-2-4-21-23(15-17)31-25(29-21)19-7-11-27-12-8-19;;/h1-4,14-15,18-19,26-27H,5-13H2,(H,28,30)(H,29,31);2*1H. The largest absolute Gasteiger partial charge is 0.342 e. The van der Waals surface area contributed by atoms with E-state index in [4.69, 9.17) is 9.97 Å². The van der Waals surface area contributed by atoms with Gasteiger partial charge in [0, 0.05) is 11.8 Å². The van der Waals surface area contributed by atoms with Crippen LogP contribution in [-0.2, 0) is 6.42 Å². The molecule has 0 amide bonds. The molecule has 4 aromatic rings. The van der Waals surface area contributed by atoms with Crippen LogP contribution in [0, 0.1) is 0 Å². The van der Waals surface area contributed by atoms with Gasteiger partial charge in [-0.2, -0.15) is 0 Å². The highest BCUT2D eigenvalue weighted by atomic mass is 35.5. The number of halogens is 2. The molecule has 4 heterocycles. The number of rotatable bonds is 4. The Hall–Kier alpha value is -2.12. The van der Waals surface area contributed by atoms with Crippen LogP contribution in [0.1, 0.15) is 60.3 Å². The fourth-order valence-electron chi connectivity index (χ4n) is 5.19. The molecule has 0 bridgehead atoms. The molecular formula is C25H32Cl2N6. The van der Waals surface area contributed by atoms with Crippen molar-refractivity contribution >= 4 is 46.9 Å². The topological polar surface area (TPSA) is 81.4 Å². The number of piperidine rings is 2. The third-order valence-corrected chi connectivity index (χ3v) is 6.99. The van der Waals surface area contributed by atoms with Gasteiger partial charge in [-0.3, -0.25) is 0 Å². The number of nitrogens with zero attached hydrogens (tertiary/aromatic N) is 2. The van der Waals surface area contributed by atoms with Gasteiger partial charge >= 0.3 is 0 Å². The number of hydrogen-bond donors (Lipinski definition) is 4. The number of nitrogens with one attached hydrogen (secondary N) is 4. The molecule has 0 aliphatic carbocycles. The highest BCUT2D eigenvalue weighted by Gasteiger charge is 2.20. The summed E-state index contributed by atoms with van der Waals surface area (Å²) in [4.78, 5) is 16.9. The normalized spacial score (nSPS) is 17.7. The van der Waals surface area contributed by atoms with Crippen molar-refractivity contribution < 1.29 is 0 Å². The van der Waals surface area contributed by atoms with Crippen LogP contribution in [0.3, 0.4) is 0 Å². The summed E-state index contributed by atoms with van der Waals surface area (Å²) in [5.41, 5.74) is 7.08. The Bertz CT molecular complexity index is 1110. The zero-order chi connectivity index (χ0) is 20.6. The molecule has 8 heteroatoms. The highest BCUT2D eigenvalue weighted by Crippen LogP contribution is 2.27. The summed E-state index contributed by atoms with van der Waals surface area (Å²) in [6.07, 6.45) is 5.56. The van der Waals surface area contributed by atoms with Crippen molar-refractivity contribution in [2.24, 2.45) is 0 Å². The molecule has 2 aromatic heterocycles. The zero-order valence-electron chi connectivity index (χ0n) is 18.7.